The number of fused-ring (bicyclic) bond motifs is 2. The molecule has 0 saturated carbocycles. The van der Waals surface area contributed by atoms with Crippen LogP contribution in [-0.2, 0) is 25.7 Å². The summed E-state index contributed by atoms with van der Waals surface area (Å²) in [5, 5.41) is 8.20. The Morgan fingerprint density at radius 3 is 2.55 bits per heavy atom. The van der Waals surface area contributed by atoms with Crippen LogP contribution in [0.3, 0.4) is 0 Å². The minimum atomic E-state index is -4.50. The summed E-state index contributed by atoms with van der Waals surface area (Å²) in [7, 11) is 0. The zero-order valence-corrected chi connectivity index (χ0v) is 18.1. The lowest BCUT2D eigenvalue weighted by Crippen LogP contribution is -2.37. The Labute approximate surface area is 181 Å². The first-order valence-corrected chi connectivity index (χ1v) is 11.6. The quantitative estimate of drug-likeness (QED) is 0.591. The highest BCUT2D eigenvalue weighted by atomic mass is 32.1. The van der Waals surface area contributed by atoms with Crippen molar-refractivity contribution in [2.24, 2.45) is 0 Å². The lowest BCUT2D eigenvalue weighted by molar-refractivity contribution is -0.147. The first-order chi connectivity index (χ1) is 14.9. The van der Waals surface area contributed by atoms with E-state index in [1.165, 1.54) is 15.9 Å². The van der Waals surface area contributed by atoms with Gasteiger partial charge in [0.15, 0.2) is 5.82 Å². The molecule has 1 fully saturated rings. The largest absolute Gasteiger partial charge is 0.451 e. The van der Waals surface area contributed by atoms with E-state index in [-0.39, 0.29) is 13.1 Å². The Hall–Kier alpha value is -2.43. The molecule has 31 heavy (non-hydrogen) atoms. The minimum Gasteiger partial charge on any atom is -0.347 e. The van der Waals surface area contributed by atoms with Crippen molar-refractivity contribution in [1.29, 1.82) is 0 Å². The van der Waals surface area contributed by atoms with Crippen LogP contribution in [0.2, 0.25) is 0 Å². The van der Waals surface area contributed by atoms with Gasteiger partial charge in [-0.1, -0.05) is 13.3 Å². The van der Waals surface area contributed by atoms with Gasteiger partial charge in [0, 0.05) is 31.1 Å². The van der Waals surface area contributed by atoms with Gasteiger partial charge in [-0.15, -0.1) is 21.5 Å². The molecule has 5 rings (SSSR count). The lowest BCUT2D eigenvalue weighted by atomic mass is 10.1. The summed E-state index contributed by atoms with van der Waals surface area (Å²) in [5.74, 6) is 0.890. The average Bonchev–Trinajstić information content (AvgIpc) is 3.37. The molecule has 0 aliphatic carbocycles. The summed E-state index contributed by atoms with van der Waals surface area (Å²) in [5.41, 5.74) is 0. The Bertz CT molecular complexity index is 1080. The highest BCUT2D eigenvalue weighted by molar-refractivity contribution is 7.18. The number of anilines is 2. The fourth-order valence-corrected chi connectivity index (χ4v) is 5.46. The summed E-state index contributed by atoms with van der Waals surface area (Å²) in [6, 6.07) is 2.14. The molecule has 0 unspecified atom stereocenters. The molecule has 2 aliphatic rings. The third-order valence-corrected chi connectivity index (χ3v) is 6.94. The second-order valence-corrected chi connectivity index (χ2v) is 9.20. The van der Waals surface area contributed by atoms with Gasteiger partial charge < -0.3 is 14.4 Å². The van der Waals surface area contributed by atoms with Crippen molar-refractivity contribution >= 4 is 33.3 Å². The predicted octanol–water partition coefficient (Wildman–Crippen LogP) is 4.26. The predicted molar refractivity (Wildman–Crippen MR) is 114 cm³/mol. The summed E-state index contributed by atoms with van der Waals surface area (Å²) >= 11 is 1.68. The Morgan fingerprint density at radius 2 is 1.81 bits per heavy atom. The fourth-order valence-electron chi connectivity index (χ4n) is 4.34. The van der Waals surface area contributed by atoms with E-state index in [0.29, 0.717) is 12.4 Å². The summed E-state index contributed by atoms with van der Waals surface area (Å²) in [6.07, 6.45) is 0.975. The number of rotatable bonds is 4. The molecule has 5 heterocycles. The van der Waals surface area contributed by atoms with E-state index in [2.05, 4.69) is 28.1 Å². The number of thiophene rings is 1. The number of hydrogen-bond acceptors (Lipinski definition) is 7. The van der Waals surface area contributed by atoms with Crippen LogP contribution in [0.5, 0.6) is 0 Å². The van der Waals surface area contributed by atoms with E-state index in [1.807, 2.05) is 4.90 Å². The monoisotopic (exact) mass is 451 g/mol. The molecule has 0 spiro atoms. The second kappa shape index (κ2) is 7.92. The van der Waals surface area contributed by atoms with E-state index < -0.39 is 12.0 Å². The van der Waals surface area contributed by atoms with E-state index in [0.717, 1.165) is 60.8 Å². The molecule has 3 aromatic heterocycles. The van der Waals surface area contributed by atoms with Gasteiger partial charge in [-0.2, -0.15) is 18.2 Å². The van der Waals surface area contributed by atoms with Crippen LogP contribution in [0.15, 0.2) is 6.07 Å². The summed E-state index contributed by atoms with van der Waals surface area (Å²) < 4.78 is 40.8. The fraction of sp³-hybridized carbons (Fsp3) is 0.600. The van der Waals surface area contributed by atoms with Crippen molar-refractivity contribution in [2.75, 3.05) is 29.4 Å². The number of hydrogen-bond donors (Lipinski definition) is 0. The van der Waals surface area contributed by atoms with Crippen molar-refractivity contribution in [3.8, 4) is 0 Å². The first kappa shape index (κ1) is 20.5. The van der Waals surface area contributed by atoms with Gasteiger partial charge >= 0.3 is 6.18 Å². The van der Waals surface area contributed by atoms with E-state index in [9.17, 15) is 13.2 Å². The first-order valence-electron chi connectivity index (χ1n) is 10.7. The van der Waals surface area contributed by atoms with Crippen LogP contribution in [0.4, 0.5) is 24.9 Å². The van der Waals surface area contributed by atoms with Gasteiger partial charge in [0.25, 0.3) is 0 Å². The molecular weight excluding hydrogens is 427 g/mol. The van der Waals surface area contributed by atoms with Crippen molar-refractivity contribution in [3.63, 3.8) is 0 Å². The van der Waals surface area contributed by atoms with Crippen LogP contribution in [0, 0.1) is 0 Å². The molecule has 0 amide bonds. The third-order valence-electron chi connectivity index (χ3n) is 5.85. The number of alkyl halides is 3. The molecule has 3 aromatic rings. The van der Waals surface area contributed by atoms with E-state index in [4.69, 9.17) is 9.97 Å². The topological polar surface area (TPSA) is 63.0 Å². The van der Waals surface area contributed by atoms with E-state index >= 15 is 0 Å². The van der Waals surface area contributed by atoms with Gasteiger partial charge in [-0.25, -0.2) is 4.98 Å². The molecular formula is C20H24F3N7S. The van der Waals surface area contributed by atoms with Crippen molar-refractivity contribution in [3.05, 3.63) is 22.6 Å². The molecule has 166 valence electrons. The van der Waals surface area contributed by atoms with Gasteiger partial charge in [-0.05, 0) is 31.7 Å². The highest BCUT2D eigenvalue weighted by Gasteiger charge is 2.39. The molecule has 11 heteroatoms. The van der Waals surface area contributed by atoms with Crippen LogP contribution < -0.4 is 9.80 Å². The van der Waals surface area contributed by atoms with Crippen molar-refractivity contribution < 1.29 is 13.2 Å². The molecule has 7 nitrogen and oxygen atoms in total. The zero-order chi connectivity index (χ0) is 21.6. The molecule has 1 saturated heterocycles. The molecule has 0 aromatic carbocycles. The average molecular weight is 452 g/mol. The van der Waals surface area contributed by atoms with Gasteiger partial charge in [0.1, 0.15) is 10.6 Å². The van der Waals surface area contributed by atoms with Crippen LogP contribution in [0.1, 0.15) is 49.1 Å². The molecule has 0 atom stereocenters. The Morgan fingerprint density at radius 1 is 1.00 bits per heavy atom. The number of halogens is 3. The van der Waals surface area contributed by atoms with E-state index in [1.54, 1.807) is 11.3 Å². The molecule has 0 N–H and O–H groups in total. The second-order valence-electron chi connectivity index (χ2n) is 8.09. The maximum absolute atomic E-state index is 13.2. The number of aromatic nitrogens is 5. The SMILES string of the molecule is CCCc1cc2c(N3CCn4c(nnc4C(F)(F)F)C3)nc(N3CCCCC3)nc2s1. The molecule has 0 radical (unpaired) electrons. The summed E-state index contributed by atoms with van der Waals surface area (Å²) in [6.45, 7) is 4.84. The number of nitrogens with zero attached hydrogens (tertiary/aromatic N) is 7. The van der Waals surface area contributed by atoms with Crippen LogP contribution in [0.25, 0.3) is 10.2 Å². The van der Waals surface area contributed by atoms with Gasteiger partial charge in [0.2, 0.25) is 11.8 Å². The highest BCUT2D eigenvalue weighted by Crippen LogP contribution is 2.36. The zero-order valence-electron chi connectivity index (χ0n) is 17.3. The van der Waals surface area contributed by atoms with Gasteiger partial charge in [0.05, 0.1) is 11.9 Å². The number of aryl methyl sites for hydroxylation is 1. The van der Waals surface area contributed by atoms with Gasteiger partial charge in [-0.3, -0.25) is 0 Å². The molecule has 0 bridgehead atoms. The lowest BCUT2D eigenvalue weighted by Gasteiger charge is -2.31. The normalized spacial score (nSPS) is 17.4. The van der Waals surface area contributed by atoms with Crippen LogP contribution in [-0.4, -0.2) is 44.4 Å². The standard InChI is InChI=1S/C20H24F3N7S/c1-2-6-13-11-14-16(24-19(25-17(14)31-13)28-7-4-3-5-8-28)29-9-10-30-15(12-29)26-27-18(30)20(21,22)23/h11H,2-10,12H2,1H3. The minimum absolute atomic E-state index is 0.174. The Kier molecular flexibility index (Phi) is 5.23. The number of piperidine rings is 1. The smallest absolute Gasteiger partial charge is 0.347 e. The third kappa shape index (κ3) is 3.83. The van der Waals surface area contributed by atoms with Crippen molar-refractivity contribution in [2.45, 2.75) is 58.3 Å². The molecule has 2 aliphatic heterocycles. The maximum atomic E-state index is 13.2. The van der Waals surface area contributed by atoms with Crippen LogP contribution >= 0.6 is 11.3 Å². The maximum Gasteiger partial charge on any atom is 0.451 e. The van der Waals surface area contributed by atoms with Crippen molar-refractivity contribution in [1.82, 2.24) is 24.7 Å². The summed E-state index contributed by atoms with van der Waals surface area (Å²) in [4.78, 5) is 16.2. The Balaban J connectivity index is 1.54.